The molecule has 1 unspecified atom stereocenters. The van der Waals surface area contributed by atoms with Gasteiger partial charge in [-0.25, -0.2) is 4.79 Å². The van der Waals surface area contributed by atoms with Crippen molar-refractivity contribution >= 4 is 5.97 Å². The van der Waals surface area contributed by atoms with E-state index in [1.165, 1.54) is 16.7 Å². The van der Waals surface area contributed by atoms with Crippen LogP contribution in [0.2, 0.25) is 0 Å². The first kappa shape index (κ1) is 12.2. The third-order valence-corrected chi connectivity index (χ3v) is 3.64. The lowest BCUT2D eigenvalue weighted by atomic mass is 9.94. The molecule has 1 heterocycles. The molecule has 0 N–H and O–H groups in total. The van der Waals surface area contributed by atoms with E-state index in [0.29, 0.717) is 0 Å². The highest BCUT2D eigenvalue weighted by atomic mass is 16.5. The van der Waals surface area contributed by atoms with E-state index in [2.05, 4.69) is 26.0 Å². The lowest BCUT2D eigenvalue weighted by molar-refractivity contribution is -0.139. The first-order valence-corrected chi connectivity index (χ1v) is 6.30. The third-order valence-electron chi connectivity index (χ3n) is 3.64. The molecule has 1 atom stereocenters. The molecular formula is C15H20O2. The van der Waals surface area contributed by atoms with Gasteiger partial charge < -0.3 is 4.74 Å². The van der Waals surface area contributed by atoms with Crippen molar-refractivity contribution in [3.63, 3.8) is 0 Å². The number of hydrogen-bond acceptors (Lipinski definition) is 2. The van der Waals surface area contributed by atoms with E-state index in [9.17, 15) is 4.79 Å². The Balaban J connectivity index is 2.30. The van der Waals surface area contributed by atoms with Crippen LogP contribution < -0.4 is 0 Å². The van der Waals surface area contributed by atoms with E-state index in [1.807, 2.05) is 6.92 Å². The minimum absolute atomic E-state index is 0.0269. The van der Waals surface area contributed by atoms with Gasteiger partial charge in [0.15, 0.2) is 0 Å². The SMILES string of the molecule is CC1=C2C/C=C(/C)CC/C=C(/C)CC2OC1=O. The van der Waals surface area contributed by atoms with E-state index in [1.54, 1.807) is 0 Å². The van der Waals surface area contributed by atoms with E-state index < -0.39 is 0 Å². The fraction of sp³-hybridized carbons (Fsp3) is 0.533. The van der Waals surface area contributed by atoms with E-state index >= 15 is 0 Å². The van der Waals surface area contributed by atoms with Gasteiger partial charge in [0.2, 0.25) is 0 Å². The van der Waals surface area contributed by atoms with Crippen molar-refractivity contribution in [2.24, 2.45) is 0 Å². The highest BCUT2D eigenvalue weighted by Crippen LogP contribution is 2.31. The van der Waals surface area contributed by atoms with Gasteiger partial charge in [0, 0.05) is 12.0 Å². The second-order valence-electron chi connectivity index (χ2n) is 5.09. The predicted molar refractivity (Wildman–Crippen MR) is 68.6 cm³/mol. The summed E-state index contributed by atoms with van der Waals surface area (Å²) in [6.07, 6.45) is 8.40. The van der Waals surface area contributed by atoms with Gasteiger partial charge in [0.25, 0.3) is 0 Å². The van der Waals surface area contributed by atoms with Gasteiger partial charge >= 0.3 is 5.97 Å². The number of ether oxygens (including phenoxy) is 1. The van der Waals surface area contributed by atoms with Crippen LogP contribution in [-0.4, -0.2) is 12.1 Å². The van der Waals surface area contributed by atoms with Crippen LogP contribution in [-0.2, 0) is 9.53 Å². The van der Waals surface area contributed by atoms with Gasteiger partial charge in [0.05, 0.1) is 0 Å². The van der Waals surface area contributed by atoms with Crippen LogP contribution in [0, 0.1) is 0 Å². The molecule has 0 saturated heterocycles. The highest BCUT2D eigenvalue weighted by Gasteiger charge is 2.30. The maximum absolute atomic E-state index is 11.6. The number of esters is 1. The second-order valence-corrected chi connectivity index (χ2v) is 5.09. The van der Waals surface area contributed by atoms with Crippen LogP contribution in [0.5, 0.6) is 0 Å². The molecule has 2 aliphatic rings. The van der Waals surface area contributed by atoms with Crippen LogP contribution >= 0.6 is 0 Å². The molecular weight excluding hydrogens is 212 g/mol. The number of allylic oxidation sites excluding steroid dienone is 3. The van der Waals surface area contributed by atoms with Crippen molar-refractivity contribution in [2.45, 2.75) is 52.6 Å². The summed E-state index contributed by atoms with van der Waals surface area (Å²) in [7, 11) is 0. The van der Waals surface area contributed by atoms with Gasteiger partial charge in [0.1, 0.15) is 6.10 Å². The molecule has 0 fully saturated rings. The molecule has 17 heavy (non-hydrogen) atoms. The standard InChI is InChI=1S/C15H20O2/c1-10-5-4-6-11(2)9-14-13(8-7-10)12(3)15(16)17-14/h6-7,14H,4-5,8-9H2,1-3H3/b10-7-,11-6-. The van der Waals surface area contributed by atoms with E-state index in [0.717, 1.165) is 31.3 Å². The molecule has 0 amide bonds. The topological polar surface area (TPSA) is 26.3 Å². The summed E-state index contributed by atoms with van der Waals surface area (Å²) < 4.78 is 5.43. The number of carbonyl (C=O) groups excluding carboxylic acids is 1. The van der Waals surface area contributed by atoms with Crippen LogP contribution in [0.4, 0.5) is 0 Å². The molecule has 0 saturated carbocycles. The Hall–Kier alpha value is -1.31. The molecule has 0 radical (unpaired) electrons. The molecule has 0 spiro atoms. The predicted octanol–water partition coefficient (Wildman–Crippen LogP) is 3.69. The molecule has 1 aliphatic carbocycles. The fourth-order valence-electron chi connectivity index (χ4n) is 2.42. The van der Waals surface area contributed by atoms with Crippen LogP contribution in [0.3, 0.4) is 0 Å². The number of rotatable bonds is 0. The van der Waals surface area contributed by atoms with Gasteiger partial charge in [-0.1, -0.05) is 23.3 Å². The Labute approximate surface area is 103 Å². The zero-order valence-electron chi connectivity index (χ0n) is 10.9. The monoisotopic (exact) mass is 232 g/mol. The minimum Gasteiger partial charge on any atom is -0.454 e. The first-order chi connectivity index (χ1) is 8.08. The quantitative estimate of drug-likeness (QED) is 0.470. The fourth-order valence-corrected chi connectivity index (χ4v) is 2.42. The Morgan fingerprint density at radius 1 is 1.18 bits per heavy atom. The molecule has 92 valence electrons. The zero-order chi connectivity index (χ0) is 12.4. The van der Waals surface area contributed by atoms with Crippen molar-refractivity contribution in [3.8, 4) is 0 Å². The smallest absolute Gasteiger partial charge is 0.334 e. The van der Waals surface area contributed by atoms with Crippen molar-refractivity contribution in [1.29, 1.82) is 0 Å². The summed E-state index contributed by atoms with van der Waals surface area (Å²) in [5, 5.41) is 0. The Kier molecular flexibility index (Phi) is 3.51. The van der Waals surface area contributed by atoms with Crippen LogP contribution in [0.15, 0.2) is 34.4 Å². The first-order valence-electron chi connectivity index (χ1n) is 6.30. The summed E-state index contributed by atoms with van der Waals surface area (Å²) in [5.41, 5.74) is 4.70. The minimum atomic E-state index is -0.136. The van der Waals surface area contributed by atoms with E-state index in [-0.39, 0.29) is 12.1 Å². The molecule has 0 bridgehead atoms. The maximum Gasteiger partial charge on any atom is 0.334 e. The summed E-state index contributed by atoms with van der Waals surface area (Å²) in [6.45, 7) is 6.17. The maximum atomic E-state index is 11.6. The molecule has 0 aromatic heterocycles. The number of fused-ring (bicyclic) bond motifs is 1. The normalized spacial score (nSPS) is 32.2. The van der Waals surface area contributed by atoms with Crippen molar-refractivity contribution in [3.05, 3.63) is 34.4 Å². The van der Waals surface area contributed by atoms with Crippen LogP contribution in [0.1, 0.15) is 46.5 Å². The molecule has 2 nitrogen and oxygen atoms in total. The Morgan fingerprint density at radius 3 is 2.71 bits per heavy atom. The summed E-state index contributed by atoms with van der Waals surface area (Å²) in [5.74, 6) is -0.136. The van der Waals surface area contributed by atoms with Gasteiger partial charge in [-0.3, -0.25) is 0 Å². The summed E-state index contributed by atoms with van der Waals surface area (Å²) in [6, 6.07) is 0. The van der Waals surface area contributed by atoms with E-state index in [4.69, 9.17) is 4.74 Å². The average molecular weight is 232 g/mol. The second kappa shape index (κ2) is 4.91. The number of carbonyl (C=O) groups is 1. The van der Waals surface area contributed by atoms with Gasteiger partial charge in [-0.05, 0) is 45.6 Å². The lowest BCUT2D eigenvalue weighted by Crippen LogP contribution is -2.12. The summed E-state index contributed by atoms with van der Waals surface area (Å²) >= 11 is 0. The highest BCUT2D eigenvalue weighted by molar-refractivity contribution is 5.91. The zero-order valence-corrected chi connectivity index (χ0v) is 10.9. The van der Waals surface area contributed by atoms with Gasteiger partial charge in [-0.15, -0.1) is 0 Å². The van der Waals surface area contributed by atoms with Crippen molar-refractivity contribution in [2.75, 3.05) is 0 Å². The summed E-state index contributed by atoms with van der Waals surface area (Å²) in [4.78, 5) is 11.6. The Bertz CT molecular complexity index is 424. The average Bonchev–Trinajstić information content (AvgIpc) is 2.52. The van der Waals surface area contributed by atoms with Crippen LogP contribution in [0.25, 0.3) is 0 Å². The largest absolute Gasteiger partial charge is 0.454 e. The molecule has 0 aromatic rings. The molecule has 1 aliphatic heterocycles. The third kappa shape index (κ3) is 2.68. The van der Waals surface area contributed by atoms with Crippen molar-refractivity contribution < 1.29 is 9.53 Å². The molecule has 0 aromatic carbocycles. The molecule has 2 heteroatoms. The Morgan fingerprint density at radius 2 is 1.94 bits per heavy atom. The van der Waals surface area contributed by atoms with Gasteiger partial charge in [-0.2, -0.15) is 0 Å². The molecule has 2 rings (SSSR count). The number of hydrogen-bond donors (Lipinski definition) is 0. The lowest BCUT2D eigenvalue weighted by Gasteiger charge is -2.15. The van der Waals surface area contributed by atoms with Crippen molar-refractivity contribution in [1.82, 2.24) is 0 Å².